The van der Waals surface area contributed by atoms with E-state index in [1.807, 2.05) is 0 Å². The lowest BCUT2D eigenvalue weighted by Gasteiger charge is -2.21. The number of halogens is 2. The van der Waals surface area contributed by atoms with Gasteiger partial charge >= 0.3 is 5.97 Å². The van der Waals surface area contributed by atoms with E-state index in [1.54, 1.807) is 0 Å². The van der Waals surface area contributed by atoms with E-state index < -0.39 is 15.0 Å². The quantitative estimate of drug-likeness (QED) is 0.615. The molecule has 1 aromatic carbocycles. The van der Waals surface area contributed by atoms with Crippen LogP contribution in [0.2, 0.25) is 5.02 Å². The molecule has 1 aromatic rings. The summed E-state index contributed by atoms with van der Waals surface area (Å²) in [5, 5.41) is -0.0361. The van der Waals surface area contributed by atoms with Crippen molar-refractivity contribution in [2.45, 2.75) is 17.7 Å². The fraction of sp³-hybridized carbons (Fsp3) is 0.462. The number of esters is 1. The molecule has 0 radical (unpaired) electrons. The summed E-state index contributed by atoms with van der Waals surface area (Å²) < 4.78 is 33.1. The molecule has 1 saturated heterocycles. The Kier molecular flexibility index (Phi) is 5.48. The molecule has 0 N–H and O–H groups in total. The highest BCUT2D eigenvalue weighted by Gasteiger charge is 2.20. The van der Waals surface area contributed by atoms with Crippen LogP contribution in [0, 0.1) is 5.92 Å². The van der Waals surface area contributed by atoms with E-state index in [9.17, 15) is 13.2 Å². The molecular formula is C13H14Cl2O5S. The molecule has 1 aliphatic rings. The molecule has 8 heteroatoms. The van der Waals surface area contributed by atoms with Gasteiger partial charge in [0.2, 0.25) is 0 Å². The van der Waals surface area contributed by atoms with Crippen LogP contribution in [0.1, 0.15) is 23.2 Å². The Balaban J connectivity index is 2.05. The van der Waals surface area contributed by atoms with Crippen molar-refractivity contribution in [2.24, 2.45) is 5.92 Å². The summed E-state index contributed by atoms with van der Waals surface area (Å²) in [6.45, 7) is 1.61. The molecule has 0 bridgehead atoms. The van der Waals surface area contributed by atoms with Gasteiger partial charge in [-0.3, -0.25) is 0 Å². The summed E-state index contributed by atoms with van der Waals surface area (Å²) >= 11 is 5.75. The molecule has 0 saturated carbocycles. The number of hydrogen-bond donors (Lipinski definition) is 0. The van der Waals surface area contributed by atoms with E-state index in [4.69, 9.17) is 31.8 Å². The SMILES string of the molecule is O=C(OCC1CCOCC1)c1ccc(Cl)c(S(=O)(=O)Cl)c1. The summed E-state index contributed by atoms with van der Waals surface area (Å²) in [6, 6.07) is 3.83. The number of ether oxygens (including phenoxy) is 2. The minimum absolute atomic E-state index is 0.0361. The molecule has 0 aromatic heterocycles. The molecule has 1 heterocycles. The molecule has 0 unspecified atom stereocenters. The average molecular weight is 353 g/mol. The lowest BCUT2D eigenvalue weighted by molar-refractivity contribution is 0.0185. The molecule has 0 amide bonds. The summed E-state index contributed by atoms with van der Waals surface area (Å²) in [6.07, 6.45) is 1.68. The Labute approximate surface area is 132 Å². The Bertz CT molecular complexity index is 623. The zero-order valence-electron chi connectivity index (χ0n) is 11.1. The Morgan fingerprint density at radius 2 is 2.00 bits per heavy atom. The summed E-state index contributed by atoms with van der Waals surface area (Å²) in [4.78, 5) is 11.6. The zero-order chi connectivity index (χ0) is 15.5. The van der Waals surface area contributed by atoms with Crippen LogP contribution >= 0.6 is 22.3 Å². The second-order valence-electron chi connectivity index (χ2n) is 4.74. The van der Waals surface area contributed by atoms with Crippen LogP contribution in [0.4, 0.5) is 0 Å². The summed E-state index contributed by atoms with van der Waals surface area (Å²) in [5.74, 6) is -0.328. The van der Waals surface area contributed by atoms with Gasteiger partial charge in [0.25, 0.3) is 9.05 Å². The second kappa shape index (κ2) is 6.96. The Morgan fingerprint density at radius 1 is 1.33 bits per heavy atom. The number of rotatable bonds is 4. The van der Waals surface area contributed by atoms with Gasteiger partial charge in [-0.05, 0) is 37.0 Å². The standard InChI is InChI=1S/C13H14Cl2O5S/c14-11-2-1-10(7-12(11)21(15,17)18)13(16)20-8-9-3-5-19-6-4-9/h1-2,7,9H,3-6,8H2. The lowest BCUT2D eigenvalue weighted by Crippen LogP contribution is -2.22. The molecule has 0 atom stereocenters. The first-order chi connectivity index (χ1) is 9.88. The van der Waals surface area contributed by atoms with Crippen LogP contribution in [-0.4, -0.2) is 34.2 Å². The summed E-state index contributed by atoms with van der Waals surface area (Å²) in [7, 11) is 1.25. The first-order valence-corrected chi connectivity index (χ1v) is 9.06. The molecule has 1 aliphatic heterocycles. The lowest BCUT2D eigenvalue weighted by atomic mass is 10.0. The molecule has 0 spiro atoms. The van der Waals surface area contributed by atoms with E-state index in [2.05, 4.69) is 0 Å². The number of benzene rings is 1. The fourth-order valence-electron chi connectivity index (χ4n) is 2.01. The van der Waals surface area contributed by atoms with Crippen LogP contribution in [0.5, 0.6) is 0 Å². The fourth-order valence-corrected chi connectivity index (χ4v) is 3.50. The number of carbonyl (C=O) groups is 1. The first-order valence-electron chi connectivity index (χ1n) is 6.37. The van der Waals surface area contributed by atoms with E-state index >= 15 is 0 Å². The maximum Gasteiger partial charge on any atom is 0.338 e. The van der Waals surface area contributed by atoms with Gasteiger partial charge in [-0.25, -0.2) is 13.2 Å². The van der Waals surface area contributed by atoms with Crippen molar-refractivity contribution in [1.82, 2.24) is 0 Å². The predicted molar refractivity (Wildman–Crippen MR) is 78.3 cm³/mol. The highest BCUT2D eigenvalue weighted by molar-refractivity contribution is 8.13. The van der Waals surface area contributed by atoms with Crippen LogP contribution in [0.25, 0.3) is 0 Å². The van der Waals surface area contributed by atoms with Gasteiger partial charge in [-0.15, -0.1) is 0 Å². The zero-order valence-corrected chi connectivity index (χ0v) is 13.4. The van der Waals surface area contributed by atoms with Gasteiger partial charge in [0, 0.05) is 23.9 Å². The molecular weight excluding hydrogens is 339 g/mol. The maximum atomic E-state index is 11.9. The monoisotopic (exact) mass is 352 g/mol. The molecule has 0 aliphatic carbocycles. The topological polar surface area (TPSA) is 69.7 Å². The number of carbonyl (C=O) groups excluding carboxylic acids is 1. The van der Waals surface area contributed by atoms with Gasteiger partial charge < -0.3 is 9.47 Å². The molecule has 116 valence electrons. The maximum absolute atomic E-state index is 11.9. The van der Waals surface area contributed by atoms with Crippen LogP contribution in [0.15, 0.2) is 23.1 Å². The Morgan fingerprint density at radius 3 is 2.62 bits per heavy atom. The summed E-state index contributed by atoms with van der Waals surface area (Å²) in [5.41, 5.74) is 0.102. The largest absolute Gasteiger partial charge is 0.462 e. The van der Waals surface area contributed by atoms with Crippen molar-refractivity contribution in [3.63, 3.8) is 0 Å². The second-order valence-corrected chi connectivity index (χ2v) is 7.68. The van der Waals surface area contributed by atoms with Crippen molar-refractivity contribution in [2.75, 3.05) is 19.8 Å². The van der Waals surface area contributed by atoms with E-state index in [0.29, 0.717) is 13.2 Å². The Hall–Kier alpha value is -0.820. The van der Waals surface area contributed by atoms with Gasteiger partial charge in [0.15, 0.2) is 0 Å². The number of hydrogen-bond acceptors (Lipinski definition) is 5. The first kappa shape index (κ1) is 16.5. The third kappa shape index (κ3) is 4.57. The van der Waals surface area contributed by atoms with Crippen LogP contribution < -0.4 is 0 Å². The average Bonchev–Trinajstić information content (AvgIpc) is 2.45. The highest BCUT2D eigenvalue weighted by atomic mass is 35.7. The molecule has 2 rings (SSSR count). The van der Waals surface area contributed by atoms with Crippen molar-refractivity contribution in [1.29, 1.82) is 0 Å². The van der Waals surface area contributed by atoms with Crippen molar-refractivity contribution < 1.29 is 22.7 Å². The normalized spacial score (nSPS) is 16.7. The minimum Gasteiger partial charge on any atom is -0.462 e. The van der Waals surface area contributed by atoms with Gasteiger partial charge in [-0.1, -0.05) is 11.6 Å². The van der Waals surface area contributed by atoms with Gasteiger partial charge in [0.05, 0.1) is 17.2 Å². The van der Waals surface area contributed by atoms with Crippen molar-refractivity contribution in [3.8, 4) is 0 Å². The van der Waals surface area contributed by atoms with Gasteiger partial charge in [-0.2, -0.15) is 0 Å². The van der Waals surface area contributed by atoms with Crippen molar-refractivity contribution >= 4 is 37.3 Å². The van der Waals surface area contributed by atoms with E-state index in [0.717, 1.165) is 18.9 Å². The molecule has 5 nitrogen and oxygen atoms in total. The third-order valence-corrected chi connectivity index (χ3v) is 5.02. The van der Waals surface area contributed by atoms with Crippen molar-refractivity contribution in [3.05, 3.63) is 28.8 Å². The van der Waals surface area contributed by atoms with Crippen LogP contribution in [-0.2, 0) is 18.5 Å². The van der Waals surface area contributed by atoms with E-state index in [1.165, 1.54) is 12.1 Å². The van der Waals surface area contributed by atoms with Gasteiger partial charge in [0.1, 0.15) is 4.90 Å². The predicted octanol–water partition coefficient (Wildman–Crippen LogP) is 2.85. The smallest absolute Gasteiger partial charge is 0.338 e. The van der Waals surface area contributed by atoms with E-state index in [-0.39, 0.29) is 28.0 Å². The highest BCUT2D eigenvalue weighted by Crippen LogP contribution is 2.26. The minimum atomic E-state index is -4.01. The third-order valence-electron chi connectivity index (χ3n) is 3.22. The van der Waals surface area contributed by atoms with Crippen LogP contribution in [0.3, 0.4) is 0 Å². The molecule has 21 heavy (non-hydrogen) atoms. The molecule has 1 fully saturated rings.